The molecule has 0 radical (unpaired) electrons. The summed E-state index contributed by atoms with van der Waals surface area (Å²) >= 11 is 3.10. The highest BCUT2D eigenvalue weighted by molar-refractivity contribution is 9.10. The quantitative estimate of drug-likeness (QED) is 0.857. The highest BCUT2D eigenvalue weighted by Gasteiger charge is 2.29. The molecule has 5 heteroatoms. The monoisotopic (exact) mass is 316 g/mol. The highest BCUT2D eigenvalue weighted by Crippen LogP contribution is 2.31. The molecule has 0 aliphatic heterocycles. The molecule has 0 aliphatic carbocycles. The Balaban J connectivity index is 3.38. The van der Waals surface area contributed by atoms with Gasteiger partial charge in [-0.25, -0.2) is 9.18 Å². The van der Waals surface area contributed by atoms with Crippen LogP contribution in [0.3, 0.4) is 0 Å². The van der Waals surface area contributed by atoms with Gasteiger partial charge in [0.25, 0.3) is 0 Å². The van der Waals surface area contributed by atoms with Crippen molar-refractivity contribution in [2.24, 2.45) is 5.41 Å². The van der Waals surface area contributed by atoms with E-state index < -0.39 is 22.8 Å². The number of hydrogen-bond donors (Lipinski definition) is 1. The highest BCUT2D eigenvalue weighted by atomic mass is 79.9. The number of Topliss-reactive ketones (excluding diaryl/α,β-unsaturated/α-hetero) is 1. The number of carbonyl (C=O) groups is 2. The Morgan fingerprint density at radius 1 is 1.33 bits per heavy atom. The average molecular weight is 317 g/mol. The molecule has 0 fully saturated rings. The van der Waals surface area contributed by atoms with E-state index in [1.807, 2.05) is 6.92 Å². The van der Waals surface area contributed by atoms with Crippen LogP contribution in [-0.2, 0) is 0 Å². The third kappa shape index (κ3) is 2.77. The number of carboxylic acids is 1. The van der Waals surface area contributed by atoms with Crippen molar-refractivity contribution < 1.29 is 19.1 Å². The molecule has 0 atom stereocenters. The lowest BCUT2D eigenvalue weighted by Gasteiger charge is -2.21. The molecule has 1 rings (SSSR count). The van der Waals surface area contributed by atoms with E-state index in [0.29, 0.717) is 6.42 Å². The molecule has 0 bridgehead atoms. The van der Waals surface area contributed by atoms with E-state index in [-0.39, 0.29) is 15.8 Å². The molecule has 0 saturated heterocycles. The number of halogens is 2. The van der Waals surface area contributed by atoms with Gasteiger partial charge in [-0.05, 0) is 34.5 Å². The van der Waals surface area contributed by atoms with Crippen molar-refractivity contribution in [3.05, 3.63) is 33.5 Å². The van der Waals surface area contributed by atoms with Crippen LogP contribution < -0.4 is 0 Å². The largest absolute Gasteiger partial charge is 0.478 e. The Hall–Kier alpha value is -1.23. The van der Waals surface area contributed by atoms with Gasteiger partial charge in [0, 0.05) is 15.5 Å². The summed E-state index contributed by atoms with van der Waals surface area (Å²) in [5.41, 5.74) is -0.912. The predicted molar refractivity (Wildman–Crippen MR) is 69.5 cm³/mol. The number of carbonyl (C=O) groups excluding carboxylic acids is 1. The molecule has 0 spiro atoms. The van der Waals surface area contributed by atoms with Crippen molar-refractivity contribution in [3.8, 4) is 0 Å². The van der Waals surface area contributed by atoms with Crippen LogP contribution in [0.25, 0.3) is 0 Å². The minimum absolute atomic E-state index is 0.195. The summed E-state index contributed by atoms with van der Waals surface area (Å²) in [6.07, 6.45) is 0.609. The minimum atomic E-state index is -1.39. The van der Waals surface area contributed by atoms with Gasteiger partial charge in [-0.1, -0.05) is 20.8 Å². The Kier molecular flexibility index (Phi) is 4.27. The molecule has 0 aromatic heterocycles. The lowest BCUT2D eigenvalue weighted by atomic mass is 9.81. The van der Waals surface area contributed by atoms with Crippen LogP contribution in [0.15, 0.2) is 16.6 Å². The van der Waals surface area contributed by atoms with Gasteiger partial charge < -0.3 is 5.11 Å². The van der Waals surface area contributed by atoms with E-state index in [1.165, 1.54) is 0 Å². The van der Waals surface area contributed by atoms with Crippen LogP contribution in [-0.4, -0.2) is 16.9 Å². The minimum Gasteiger partial charge on any atom is -0.478 e. The molecule has 1 aromatic rings. The van der Waals surface area contributed by atoms with Gasteiger partial charge in [0.2, 0.25) is 0 Å². The Morgan fingerprint density at radius 2 is 1.89 bits per heavy atom. The average Bonchev–Trinajstić information content (AvgIpc) is 2.27. The third-order valence-corrected chi connectivity index (χ3v) is 3.69. The van der Waals surface area contributed by atoms with Crippen LogP contribution in [0.4, 0.5) is 4.39 Å². The molecule has 0 saturated carbocycles. The molecule has 98 valence electrons. The molecule has 18 heavy (non-hydrogen) atoms. The standard InChI is InChI=1S/C13H14BrFO3/c1-4-13(2,3)11(16)7-5-8(12(17)18)10(15)6-9(7)14/h5-6H,4H2,1-3H3,(H,17,18). The Labute approximate surface area is 113 Å². The normalized spacial score (nSPS) is 11.4. The topological polar surface area (TPSA) is 54.4 Å². The van der Waals surface area contributed by atoms with Crippen molar-refractivity contribution in [3.63, 3.8) is 0 Å². The summed E-state index contributed by atoms with van der Waals surface area (Å²) in [6, 6.07) is 2.10. The van der Waals surface area contributed by atoms with Crippen LogP contribution >= 0.6 is 15.9 Å². The van der Waals surface area contributed by atoms with E-state index >= 15 is 0 Å². The summed E-state index contributed by atoms with van der Waals surface area (Å²) in [4.78, 5) is 23.1. The molecular weight excluding hydrogens is 303 g/mol. The lowest BCUT2D eigenvalue weighted by molar-refractivity contribution is 0.0692. The zero-order valence-corrected chi connectivity index (χ0v) is 12.0. The van der Waals surface area contributed by atoms with Gasteiger partial charge in [-0.15, -0.1) is 0 Å². The second kappa shape index (κ2) is 5.18. The lowest BCUT2D eigenvalue weighted by Crippen LogP contribution is -2.24. The van der Waals surface area contributed by atoms with Crippen molar-refractivity contribution in [2.45, 2.75) is 27.2 Å². The number of benzene rings is 1. The maximum atomic E-state index is 13.4. The molecule has 0 unspecified atom stereocenters. The molecule has 0 aliphatic rings. The fraction of sp³-hybridized carbons (Fsp3) is 0.385. The summed E-state index contributed by atoms with van der Waals surface area (Å²) in [6.45, 7) is 5.41. The number of ketones is 1. The first kappa shape index (κ1) is 14.8. The predicted octanol–water partition coefficient (Wildman–Crippen LogP) is 3.91. The van der Waals surface area contributed by atoms with Gasteiger partial charge in [0.05, 0.1) is 5.56 Å². The van der Waals surface area contributed by atoms with Gasteiger partial charge >= 0.3 is 5.97 Å². The van der Waals surface area contributed by atoms with Crippen molar-refractivity contribution >= 4 is 27.7 Å². The first-order valence-corrected chi connectivity index (χ1v) is 6.27. The second-order valence-electron chi connectivity index (χ2n) is 4.68. The fourth-order valence-corrected chi connectivity index (χ4v) is 1.91. The molecular formula is C13H14BrFO3. The molecule has 3 nitrogen and oxygen atoms in total. The molecule has 1 aromatic carbocycles. The van der Waals surface area contributed by atoms with Crippen LogP contribution in [0.5, 0.6) is 0 Å². The zero-order chi connectivity index (χ0) is 14.1. The number of aromatic carboxylic acids is 1. The Bertz CT molecular complexity index is 509. The van der Waals surface area contributed by atoms with E-state index in [9.17, 15) is 14.0 Å². The van der Waals surface area contributed by atoms with E-state index in [4.69, 9.17) is 5.11 Å². The van der Waals surface area contributed by atoms with Gasteiger partial charge in [0.1, 0.15) is 5.82 Å². The molecule has 1 N–H and O–H groups in total. The summed E-state index contributed by atoms with van der Waals surface area (Å²) in [7, 11) is 0. The first-order chi connectivity index (χ1) is 8.20. The molecule has 0 amide bonds. The van der Waals surface area contributed by atoms with Crippen molar-refractivity contribution in [1.82, 2.24) is 0 Å². The summed E-state index contributed by atoms with van der Waals surface area (Å²) in [5, 5.41) is 8.86. The van der Waals surface area contributed by atoms with Crippen molar-refractivity contribution in [2.75, 3.05) is 0 Å². The van der Waals surface area contributed by atoms with Crippen LogP contribution in [0.2, 0.25) is 0 Å². The molecule has 0 heterocycles. The third-order valence-electron chi connectivity index (χ3n) is 3.03. The Morgan fingerprint density at radius 3 is 2.33 bits per heavy atom. The maximum Gasteiger partial charge on any atom is 0.338 e. The summed E-state index contributed by atoms with van der Waals surface area (Å²) in [5.74, 6) is -2.46. The van der Waals surface area contributed by atoms with Crippen LogP contribution in [0.1, 0.15) is 47.9 Å². The second-order valence-corrected chi connectivity index (χ2v) is 5.54. The summed E-state index contributed by atoms with van der Waals surface area (Å²) < 4.78 is 13.7. The van der Waals surface area contributed by atoms with Crippen LogP contribution in [0, 0.1) is 11.2 Å². The van der Waals surface area contributed by atoms with Gasteiger partial charge in [-0.3, -0.25) is 4.79 Å². The fourth-order valence-electron chi connectivity index (χ4n) is 1.41. The number of carboxylic acid groups (broad SMARTS) is 1. The number of rotatable bonds is 4. The van der Waals surface area contributed by atoms with Gasteiger partial charge in [0.15, 0.2) is 5.78 Å². The van der Waals surface area contributed by atoms with E-state index in [1.54, 1.807) is 13.8 Å². The van der Waals surface area contributed by atoms with E-state index in [2.05, 4.69) is 15.9 Å². The smallest absolute Gasteiger partial charge is 0.338 e. The van der Waals surface area contributed by atoms with Crippen molar-refractivity contribution in [1.29, 1.82) is 0 Å². The SMILES string of the molecule is CCC(C)(C)C(=O)c1cc(C(=O)O)c(F)cc1Br. The number of hydrogen-bond acceptors (Lipinski definition) is 2. The first-order valence-electron chi connectivity index (χ1n) is 5.48. The van der Waals surface area contributed by atoms with Gasteiger partial charge in [-0.2, -0.15) is 0 Å². The maximum absolute atomic E-state index is 13.4. The zero-order valence-electron chi connectivity index (χ0n) is 10.4. The van der Waals surface area contributed by atoms with E-state index in [0.717, 1.165) is 12.1 Å².